The van der Waals surface area contributed by atoms with Crippen LogP contribution in [0.2, 0.25) is 0 Å². The first-order valence-electron chi connectivity index (χ1n) is 7.31. The average Bonchev–Trinajstić information content (AvgIpc) is 2.96. The molecule has 5 heteroatoms. The maximum absolute atomic E-state index is 12.6. The fraction of sp³-hybridized carbons (Fsp3) is 0.733. The van der Waals surface area contributed by atoms with Crippen molar-refractivity contribution in [2.45, 2.75) is 64.6 Å². The zero-order chi connectivity index (χ0) is 15.0. The van der Waals surface area contributed by atoms with Crippen LogP contribution in [0, 0.1) is 5.41 Å². The Kier molecular flexibility index (Phi) is 3.91. The first kappa shape index (κ1) is 15.0. The second kappa shape index (κ2) is 5.20. The number of amides is 1. The van der Waals surface area contributed by atoms with E-state index in [1.165, 1.54) is 0 Å². The Labute approximate surface area is 120 Å². The third-order valence-corrected chi connectivity index (χ3v) is 4.88. The summed E-state index contributed by atoms with van der Waals surface area (Å²) in [5.74, 6) is 0.0296. The van der Waals surface area contributed by atoms with Crippen LogP contribution < -0.4 is 11.1 Å². The van der Waals surface area contributed by atoms with E-state index in [0.717, 1.165) is 19.3 Å². The molecule has 0 saturated heterocycles. The molecule has 3 N–H and O–H groups in total. The molecule has 1 saturated carbocycles. The van der Waals surface area contributed by atoms with Gasteiger partial charge >= 0.3 is 0 Å². The number of hydrogen-bond donors (Lipinski definition) is 2. The summed E-state index contributed by atoms with van der Waals surface area (Å²) in [6.45, 7) is 7.61. The third-order valence-electron chi connectivity index (χ3n) is 4.88. The smallest absolute Gasteiger partial charge is 0.227 e. The first-order valence-corrected chi connectivity index (χ1v) is 7.31. The van der Waals surface area contributed by atoms with Crippen LogP contribution in [0.4, 0.5) is 0 Å². The monoisotopic (exact) mass is 278 g/mol. The number of hydrogen-bond acceptors (Lipinski definition) is 3. The van der Waals surface area contributed by atoms with Gasteiger partial charge in [-0.2, -0.15) is 0 Å². The van der Waals surface area contributed by atoms with Crippen LogP contribution >= 0.6 is 0 Å². The number of nitrogens with one attached hydrogen (secondary N) is 1. The SMILES string of the molecule is CC(C)(N)C(C)(C)C(=O)NC1CCCC1n1ccnc1. The Bertz CT molecular complexity index is 459. The number of carbonyl (C=O) groups is 1. The highest BCUT2D eigenvalue weighted by Crippen LogP contribution is 2.33. The molecule has 20 heavy (non-hydrogen) atoms. The van der Waals surface area contributed by atoms with Gasteiger partial charge in [-0.25, -0.2) is 4.98 Å². The zero-order valence-electron chi connectivity index (χ0n) is 12.9. The average molecular weight is 278 g/mol. The molecular weight excluding hydrogens is 252 g/mol. The third kappa shape index (κ3) is 2.73. The molecule has 1 aliphatic rings. The Morgan fingerprint density at radius 3 is 2.60 bits per heavy atom. The van der Waals surface area contributed by atoms with Crippen molar-refractivity contribution in [1.82, 2.24) is 14.9 Å². The number of rotatable bonds is 4. The van der Waals surface area contributed by atoms with Crippen LogP contribution in [-0.4, -0.2) is 27.0 Å². The summed E-state index contributed by atoms with van der Waals surface area (Å²) in [7, 11) is 0. The van der Waals surface area contributed by atoms with Gasteiger partial charge in [0, 0.05) is 24.0 Å². The van der Waals surface area contributed by atoms with Gasteiger partial charge in [0.25, 0.3) is 0 Å². The Morgan fingerprint density at radius 1 is 1.35 bits per heavy atom. The van der Waals surface area contributed by atoms with E-state index in [-0.39, 0.29) is 11.9 Å². The van der Waals surface area contributed by atoms with E-state index < -0.39 is 11.0 Å². The quantitative estimate of drug-likeness (QED) is 0.883. The van der Waals surface area contributed by atoms with Crippen LogP contribution in [0.25, 0.3) is 0 Å². The zero-order valence-corrected chi connectivity index (χ0v) is 12.9. The fourth-order valence-electron chi connectivity index (χ4n) is 2.57. The number of nitrogens with two attached hydrogens (primary N) is 1. The maximum atomic E-state index is 12.6. The Balaban J connectivity index is 2.08. The van der Waals surface area contributed by atoms with Crippen molar-refractivity contribution in [1.29, 1.82) is 0 Å². The summed E-state index contributed by atoms with van der Waals surface area (Å²) in [5, 5.41) is 3.20. The lowest BCUT2D eigenvalue weighted by Crippen LogP contribution is -2.57. The minimum Gasteiger partial charge on any atom is -0.351 e. The Hall–Kier alpha value is -1.36. The van der Waals surface area contributed by atoms with Gasteiger partial charge < -0.3 is 15.6 Å². The van der Waals surface area contributed by atoms with Crippen molar-refractivity contribution in [2.75, 3.05) is 0 Å². The number of nitrogens with zero attached hydrogens (tertiary/aromatic N) is 2. The van der Waals surface area contributed by atoms with Crippen molar-refractivity contribution >= 4 is 5.91 Å². The van der Waals surface area contributed by atoms with E-state index in [4.69, 9.17) is 5.73 Å². The predicted octanol–water partition coefficient (Wildman–Crippen LogP) is 1.86. The van der Waals surface area contributed by atoms with E-state index in [1.54, 1.807) is 6.20 Å². The van der Waals surface area contributed by atoms with Crippen molar-refractivity contribution in [3.05, 3.63) is 18.7 Å². The van der Waals surface area contributed by atoms with Crippen LogP contribution in [0.15, 0.2) is 18.7 Å². The van der Waals surface area contributed by atoms with E-state index >= 15 is 0 Å². The summed E-state index contributed by atoms with van der Waals surface area (Å²) in [6.07, 6.45) is 8.79. The summed E-state index contributed by atoms with van der Waals surface area (Å²) in [5.41, 5.74) is 4.98. The van der Waals surface area contributed by atoms with Gasteiger partial charge in [0.05, 0.1) is 17.8 Å². The molecule has 0 radical (unpaired) electrons. The van der Waals surface area contributed by atoms with Crippen molar-refractivity contribution in [2.24, 2.45) is 11.1 Å². The minimum absolute atomic E-state index is 0.0296. The highest BCUT2D eigenvalue weighted by atomic mass is 16.2. The highest BCUT2D eigenvalue weighted by molar-refractivity contribution is 5.83. The molecule has 2 unspecified atom stereocenters. The summed E-state index contributed by atoms with van der Waals surface area (Å²) >= 11 is 0. The van der Waals surface area contributed by atoms with Crippen molar-refractivity contribution in [3.63, 3.8) is 0 Å². The minimum atomic E-state index is -0.602. The predicted molar refractivity (Wildman–Crippen MR) is 79.1 cm³/mol. The fourth-order valence-corrected chi connectivity index (χ4v) is 2.57. The van der Waals surface area contributed by atoms with Crippen LogP contribution in [0.5, 0.6) is 0 Å². The topological polar surface area (TPSA) is 72.9 Å². The second-order valence-electron chi connectivity index (χ2n) is 6.93. The van der Waals surface area contributed by atoms with Gasteiger partial charge in [-0.15, -0.1) is 0 Å². The molecule has 1 aliphatic carbocycles. The van der Waals surface area contributed by atoms with Gasteiger partial charge in [0.2, 0.25) is 5.91 Å². The molecule has 0 bridgehead atoms. The van der Waals surface area contributed by atoms with Gasteiger partial charge in [0.1, 0.15) is 0 Å². The molecule has 5 nitrogen and oxygen atoms in total. The lowest BCUT2D eigenvalue weighted by molar-refractivity contribution is -0.133. The van der Waals surface area contributed by atoms with E-state index in [2.05, 4.69) is 14.9 Å². The normalized spacial score (nSPS) is 23.9. The molecule has 0 aliphatic heterocycles. The lowest BCUT2D eigenvalue weighted by Gasteiger charge is -2.38. The summed E-state index contributed by atoms with van der Waals surface area (Å²) in [6, 6.07) is 0.469. The lowest BCUT2D eigenvalue weighted by atomic mass is 9.74. The molecular formula is C15H26N4O. The molecule has 112 valence electrons. The first-order chi connectivity index (χ1) is 9.23. The molecule has 2 rings (SSSR count). The van der Waals surface area contributed by atoms with Gasteiger partial charge in [0.15, 0.2) is 0 Å². The molecule has 1 fully saturated rings. The molecule has 2 atom stereocenters. The molecule has 0 aromatic carbocycles. The molecule has 1 aromatic rings. The van der Waals surface area contributed by atoms with E-state index in [0.29, 0.717) is 6.04 Å². The summed E-state index contributed by atoms with van der Waals surface area (Å²) < 4.78 is 2.10. The Morgan fingerprint density at radius 2 is 2.05 bits per heavy atom. The van der Waals surface area contributed by atoms with E-state index in [1.807, 2.05) is 40.2 Å². The molecule has 1 heterocycles. The number of aromatic nitrogens is 2. The highest BCUT2D eigenvalue weighted by Gasteiger charge is 2.42. The van der Waals surface area contributed by atoms with Gasteiger partial charge in [-0.3, -0.25) is 4.79 Å². The van der Waals surface area contributed by atoms with Crippen molar-refractivity contribution in [3.8, 4) is 0 Å². The van der Waals surface area contributed by atoms with Crippen LogP contribution in [0.3, 0.4) is 0 Å². The second-order valence-corrected chi connectivity index (χ2v) is 6.93. The van der Waals surface area contributed by atoms with Crippen LogP contribution in [0.1, 0.15) is 53.0 Å². The molecule has 1 aromatic heterocycles. The molecule has 1 amide bonds. The standard InChI is InChI=1S/C15H26N4O/c1-14(2,15(3,4)16)13(20)18-11-6-5-7-12(11)19-9-8-17-10-19/h8-12H,5-7,16H2,1-4H3,(H,18,20). The van der Waals surface area contributed by atoms with Gasteiger partial charge in [-0.1, -0.05) is 0 Å². The largest absolute Gasteiger partial charge is 0.351 e. The molecule has 0 spiro atoms. The van der Waals surface area contributed by atoms with Crippen molar-refractivity contribution < 1.29 is 4.79 Å². The maximum Gasteiger partial charge on any atom is 0.227 e. The number of imidazole rings is 1. The van der Waals surface area contributed by atoms with E-state index in [9.17, 15) is 4.79 Å². The van der Waals surface area contributed by atoms with Gasteiger partial charge in [-0.05, 0) is 47.0 Å². The summed E-state index contributed by atoms with van der Waals surface area (Å²) in [4.78, 5) is 16.7. The van der Waals surface area contributed by atoms with Crippen LogP contribution in [-0.2, 0) is 4.79 Å². The number of carbonyl (C=O) groups excluding carboxylic acids is 1.